The molecule has 1 aromatic carbocycles. The van der Waals surface area contributed by atoms with Gasteiger partial charge in [-0.15, -0.1) is 0 Å². The Morgan fingerprint density at radius 3 is 2.34 bits per heavy atom. The van der Waals surface area contributed by atoms with E-state index in [1.165, 1.54) is 5.57 Å². The second-order valence-electron chi connectivity index (χ2n) is 9.54. The number of hydrogen-bond acceptors (Lipinski definition) is 5. The van der Waals surface area contributed by atoms with Crippen LogP contribution in [0.15, 0.2) is 66.3 Å². The number of hydrogen-bond donors (Lipinski definition) is 2. The molecule has 2 N–H and O–H groups in total. The van der Waals surface area contributed by atoms with Crippen LogP contribution in [0.5, 0.6) is 0 Å². The number of amides is 1. The lowest BCUT2D eigenvalue weighted by molar-refractivity contribution is -0.113. The molecular formula is C32H48N2O4. The topological polar surface area (TPSA) is 78.9 Å². The summed E-state index contributed by atoms with van der Waals surface area (Å²) in [7, 11) is 1.00. The molecule has 6 heteroatoms. The minimum atomic E-state index is -0.442. The average molecular weight is 525 g/mol. The summed E-state index contributed by atoms with van der Waals surface area (Å²) in [5.74, 6) is 0.105. The summed E-state index contributed by atoms with van der Waals surface area (Å²) in [4.78, 5) is 26.7. The molecule has 2 rings (SSSR count). The van der Waals surface area contributed by atoms with Crippen LogP contribution in [0.4, 0.5) is 0 Å². The van der Waals surface area contributed by atoms with Crippen LogP contribution in [0.3, 0.4) is 0 Å². The number of nitrogens with zero attached hydrogens (tertiary/aromatic N) is 1. The third kappa shape index (κ3) is 9.82. The number of carbonyl (C=O) groups excluding carboxylic acids is 2. The molecule has 1 aromatic rings. The number of carbonyl (C=O) groups is 2. The number of benzene rings is 1. The number of ether oxygens (including phenoxy) is 1. The van der Waals surface area contributed by atoms with Gasteiger partial charge in [-0.1, -0.05) is 43.9 Å². The number of allylic oxidation sites excluding steroid dienone is 5. The van der Waals surface area contributed by atoms with Gasteiger partial charge in [-0.2, -0.15) is 0 Å². The summed E-state index contributed by atoms with van der Waals surface area (Å²) in [5, 5.41) is 10.4. The van der Waals surface area contributed by atoms with Crippen LogP contribution >= 0.6 is 0 Å². The van der Waals surface area contributed by atoms with Crippen LogP contribution in [0.1, 0.15) is 76.7 Å². The zero-order valence-corrected chi connectivity index (χ0v) is 24.5. The van der Waals surface area contributed by atoms with Crippen LogP contribution in [0, 0.1) is 0 Å². The molecule has 210 valence electrons. The highest BCUT2D eigenvalue weighted by molar-refractivity contribution is 5.95. The molecule has 0 saturated heterocycles. The first-order valence-corrected chi connectivity index (χ1v) is 13.6. The highest BCUT2D eigenvalue weighted by Gasteiger charge is 2.31. The zero-order chi connectivity index (χ0) is 28.7. The maximum Gasteiger partial charge on any atom is 0.253 e. The minimum Gasteiger partial charge on any atom is -0.400 e. The van der Waals surface area contributed by atoms with Gasteiger partial charge in [0.05, 0.1) is 11.7 Å². The molecule has 0 fully saturated rings. The predicted octanol–water partition coefficient (Wildman–Crippen LogP) is 5.75. The number of nitrogens with one attached hydrogen (secondary N) is 1. The standard InChI is InChI=1S/C31H44N2O3.CH4O/c1-8-12-25(23(5)34)13-18-28-21-29(22-31(7,36-24(28)6)19-20-32-9-2)26-14-16-27(17-15-26)30(35)33(10-3)11-4;1-2/h8,12,14-18,22,24,32H,1,9-11,13,19-21H2,2-7H3;2H,1H3/b25-12+,28-18-;. The molecule has 0 aromatic heterocycles. The number of Topliss-reactive ketones (excluding diaryl/α,β-unsaturated/α-hetero) is 1. The van der Waals surface area contributed by atoms with Crippen LogP contribution in [0.25, 0.3) is 5.57 Å². The van der Waals surface area contributed by atoms with Gasteiger partial charge in [-0.25, -0.2) is 0 Å². The van der Waals surface area contributed by atoms with E-state index in [1.54, 1.807) is 19.1 Å². The van der Waals surface area contributed by atoms with E-state index in [-0.39, 0.29) is 17.8 Å². The van der Waals surface area contributed by atoms with Gasteiger partial charge < -0.3 is 20.1 Å². The van der Waals surface area contributed by atoms with Gasteiger partial charge in [0, 0.05) is 25.8 Å². The molecule has 0 aliphatic carbocycles. The number of aliphatic hydroxyl groups excluding tert-OH is 1. The van der Waals surface area contributed by atoms with Crippen LogP contribution in [-0.2, 0) is 9.53 Å². The number of rotatable bonds is 12. The lowest BCUT2D eigenvalue weighted by Crippen LogP contribution is -2.34. The fourth-order valence-electron chi connectivity index (χ4n) is 4.60. The zero-order valence-electron chi connectivity index (χ0n) is 24.5. The molecule has 0 radical (unpaired) electrons. The quantitative estimate of drug-likeness (QED) is 0.158. The fourth-order valence-corrected chi connectivity index (χ4v) is 4.60. The molecule has 1 aliphatic rings. The molecule has 1 amide bonds. The first-order chi connectivity index (χ1) is 18.2. The summed E-state index contributed by atoms with van der Waals surface area (Å²) in [6.07, 6.45) is 9.83. The van der Waals surface area contributed by atoms with Gasteiger partial charge in [-0.3, -0.25) is 9.59 Å². The van der Waals surface area contributed by atoms with Crippen LogP contribution < -0.4 is 5.32 Å². The summed E-state index contributed by atoms with van der Waals surface area (Å²) >= 11 is 0. The first-order valence-electron chi connectivity index (χ1n) is 13.6. The van der Waals surface area contributed by atoms with E-state index in [0.29, 0.717) is 25.1 Å². The molecule has 1 aliphatic heterocycles. The Kier molecular flexibility index (Phi) is 14.8. The van der Waals surface area contributed by atoms with Crippen molar-refractivity contribution in [3.63, 3.8) is 0 Å². The van der Waals surface area contributed by atoms with E-state index < -0.39 is 5.60 Å². The first kappa shape index (κ1) is 33.2. The number of aliphatic hydroxyl groups is 1. The summed E-state index contributed by atoms with van der Waals surface area (Å²) in [6, 6.07) is 7.93. The Labute approximate surface area is 230 Å². The Hall–Kier alpha value is -2.80. The van der Waals surface area contributed by atoms with E-state index in [1.807, 2.05) is 43.0 Å². The largest absolute Gasteiger partial charge is 0.400 e. The maximum absolute atomic E-state index is 12.8. The Bertz CT molecular complexity index is 1000. The summed E-state index contributed by atoms with van der Waals surface area (Å²) < 4.78 is 6.61. The average Bonchev–Trinajstić information content (AvgIpc) is 3.03. The highest BCUT2D eigenvalue weighted by Crippen LogP contribution is 2.36. The SMILES string of the molecule is C=C/C=C(\C/C=C1/CC(c2ccc(C(=O)N(CC)CC)cc2)=CC(C)(CCNCC)OC1C)C(C)=O.CO. The smallest absolute Gasteiger partial charge is 0.253 e. The van der Waals surface area contributed by atoms with Crippen molar-refractivity contribution in [3.05, 3.63) is 77.4 Å². The second kappa shape index (κ2) is 16.9. The van der Waals surface area contributed by atoms with Crippen molar-refractivity contribution in [1.82, 2.24) is 10.2 Å². The highest BCUT2D eigenvalue weighted by atomic mass is 16.5. The van der Waals surface area contributed by atoms with Crippen LogP contribution in [0.2, 0.25) is 0 Å². The lowest BCUT2D eigenvalue weighted by atomic mass is 9.91. The summed E-state index contributed by atoms with van der Waals surface area (Å²) in [5.41, 5.74) is 4.39. The third-order valence-corrected chi connectivity index (χ3v) is 6.80. The monoisotopic (exact) mass is 524 g/mol. The van der Waals surface area contributed by atoms with Crippen molar-refractivity contribution in [2.45, 2.75) is 72.5 Å². The fraction of sp³-hybridized carbons (Fsp3) is 0.500. The molecule has 0 spiro atoms. The van der Waals surface area contributed by atoms with Gasteiger partial charge in [0.1, 0.15) is 0 Å². The third-order valence-electron chi connectivity index (χ3n) is 6.80. The van der Waals surface area contributed by atoms with Crippen molar-refractivity contribution < 1.29 is 19.4 Å². The normalized spacial score (nSPS) is 20.6. The molecule has 38 heavy (non-hydrogen) atoms. The molecule has 1 heterocycles. The van der Waals surface area contributed by atoms with Gasteiger partial charge in [0.25, 0.3) is 5.91 Å². The Morgan fingerprint density at radius 2 is 1.82 bits per heavy atom. The van der Waals surface area contributed by atoms with Gasteiger partial charge >= 0.3 is 0 Å². The van der Waals surface area contributed by atoms with E-state index in [0.717, 1.165) is 49.8 Å². The number of ketones is 1. The molecule has 6 nitrogen and oxygen atoms in total. The molecule has 2 unspecified atom stereocenters. The van der Waals surface area contributed by atoms with Crippen molar-refractivity contribution in [2.24, 2.45) is 0 Å². The molecule has 0 bridgehead atoms. The van der Waals surface area contributed by atoms with Gasteiger partial charge in [0.2, 0.25) is 0 Å². The van der Waals surface area contributed by atoms with E-state index in [9.17, 15) is 9.59 Å². The van der Waals surface area contributed by atoms with E-state index in [2.05, 4.69) is 44.8 Å². The minimum absolute atomic E-state index is 0.0497. The Morgan fingerprint density at radius 1 is 1.18 bits per heavy atom. The van der Waals surface area contributed by atoms with Crippen molar-refractivity contribution >= 4 is 17.3 Å². The molecule has 0 saturated carbocycles. The van der Waals surface area contributed by atoms with Gasteiger partial charge in [-0.05, 0) is 107 Å². The molecular weight excluding hydrogens is 476 g/mol. The maximum atomic E-state index is 12.8. The van der Waals surface area contributed by atoms with Gasteiger partial charge in [0.15, 0.2) is 5.78 Å². The van der Waals surface area contributed by atoms with Crippen molar-refractivity contribution in [3.8, 4) is 0 Å². The lowest BCUT2D eigenvalue weighted by Gasteiger charge is -2.29. The predicted molar refractivity (Wildman–Crippen MR) is 158 cm³/mol. The van der Waals surface area contributed by atoms with Crippen LogP contribution in [-0.4, -0.2) is 66.7 Å². The molecule has 2 atom stereocenters. The van der Waals surface area contributed by atoms with E-state index in [4.69, 9.17) is 9.84 Å². The Balaban J connectivity index is 0.00000352. The summed E-state index contributed by atoms with van der Waals surface area (Å²) in [6.45, 7) is 18.8. The van der Waals surface area contributed by atoms with Crippen molar-refractivity contribution in [1.29, 1.82) is 0 Å². The second-order valence-corrected chi connectivity index (χ2v) is 9.54. The van der Waals surface area contributed by atoms with Crippen molar-refractivity contribution in [2.75, 3.05) is 33.3 Å². The van der Waals surface area contributed by atoms with E-state index >= 15 is 0 Å².